The molecule has 5 fully saturated rings. The molecule has 1 amide bonds. The Labute approximate surface area is 194 Å². The molecular weight excluding hydrogens is 417 g/mol. The summed E-state index contributed by atoms with van der Waals surface area (Å²) in [6.07, 6.45) is 6.81. The lowest BCUT2D eigenvalue weighted by atomic mass is 9.52. The van der Waals surface area contributed by atoms with Crippen LogP contribution >= 0.6 is 0 Å². The number of hydrogen-bond donors (Lipinski definition) is 2. The first kappa shape index (κ1) is 21.1. The second kappa shape index (κ2) is 8.08. The fourth-order valence-corrected chi connectivity index (χ4v) is 7.35. The average molecular weight is 450 g/mol. The maximum absolute atomic E-state index is 13.2. The van der Waals surface area contributed by atoms with Gasteiger partial charge in [-0.15, -0.1) is 0 Å². The molecule has 5 aliphatic rings. The fraction of sp³-hybridized carbons (Fsp3) is 0.556. The first-order valence-electron chi connectivity index (χ1n) is 12.5. The molecule has 1 aromatic carbocycles. The van der Waals surface area contributed by atoms with Crippen molar-refractivity contribution >= 4 is 11.7 Å². The topological polar surface area (TPSA) is 65.5 Å². The normalized spacial score (nSPS) is 33.3. The average Bonchev–Trinajstić information content (AvgIpc) is 2.81. The largest absolute Gasteiger partial charge is 0.390 e. The third-order valence-electron chi connectivity index (χ3n) is 8.67. The Morgan fingerprint density at radius 2 is 1.73 bits per heavy atom. The van der Waals surface area contributed by atoms with E-state index in [0.29, 0.717) is 29.4 Å². The zero-order valence-corrected chi connectivity index (χ0v) is 18.9. The van der Waals surface area contributed by atoms with Crippen molar-refractivity contribution in [3.63, 3.8) is 0 Å². The highest BCUT2D eigenvalue weighted by atomic mass is 19.1. The van der Waals surface area contributed by atoms with Crippen molar-refractivity contribution < 1.29 is 14.3 Å². The van der Waals surface area contributed by atoms with Crippen molar-refractivity contribution in [2.45, 2.75) is 62.5 Å². The summed E-state index contributed by atoms with van der Waals surface area (Å²) in [4.78, 5) is 20.1. The molecule has 1 aromatic heterocycles. The number of hydrogen-bond acceptors (Lipinski definition) is 4. The number of halogens is 1. The van der Waals surface area contributed by atoms with E-state index in [1.165, 1.54) is 17.7 Å². The number of nitrogens with zero attached hydrogens (tertiary/aromatic N) is 2. The molecule has 1 saturated heterocycles. The van der Waals surface area contributed by atoms with Gasteiger partial charge in [0.1, 0.15) is 17.3 Å². The van der Waals surface area contributed by atoms with Gasteiger partial charge in [0, 0.05) is 19.1 Å². The molecule has 5 nitrogen and oxygen atoms in total. The molecule has 7 rings (SSSR count). The molecular formula is C27H32FN3O2. The van der Waals surface area contributed by atoms with Gasteiger partial charge in [-0.3, -0.25) is 4.79 Å². The minimum absolute atomic E-state index is 0.0949. The molecule has 2 atom stereocenters. The van der Waals surface area contributed by atoms with Gasteiger partial charge in [-0.05, 0) is 98.4 Å². The first-order valence-corrected chi connectivity index (χ1v) is 12.5. The standard InChI is InChI=1S/C27H32FN3O2/c28-22-6-4-18(5-7-22)19-8-10-31(11-9-19)24-3-1-2-23(29-24)26(32)30-25-20-12-17-13-21(25)16-27(33,14-17)15-20/h1-7,17,19-21,25,33H,8-16H2,(H,30,32). The van der Waals surface area contributed by atoms with Crippen LogP contribution in [0.25, 0.3) is 0 Å². The van der Waals surface area contributed by atoms with E-state index in [0.717, 1.165) is 63.9 Å². The van der Waals surface area contributed by atoms with E-state index < -0.39 is 5.60 Å². The van der Waals surface area contributed by atoms with Crippen molar-refractivity contribution in [2.24, 2.45) is 17.8 Å². The van der Waals surface area contributed by atoms with E-state index in [4.69, 9.17) is 4.98 Å². The molecule has 6 heteroatoms. The number of aromatic nitrogens is 1. The molecule has 2 heterocycles. The van der Waals surface area contributed by atoms with Crippen LogP contribution in [-0.4, -0.2) is 40.7 Å². The van der Waals surface area contributed by atoms with Crippen LogP contribution in [0.4, 0.5) is 10.2 Å². The van der Waals surface area contributed by atoms with Crippen LogP contribution in [0.1, 0.15) is 66.9 Å². The van der Waals surface area contributed by atoms with Gasteiger partial charge in [0.25, 0.3) is 5.91 Å². The maximum Gasteiger partial charge on any atom is 0.270 e. The molecule has 4 aliphatic carbocycles. The number of piperidine rings is 1. The number of pyridine rings is 1. The van der Waals surface area contributed by atoms with Crippen molar-refractivity contribution in [1.82, 2.24) is 10.3 Å². The Bertz CT molecular complexity index is 1020. The van der Waals surface area contributed by atoms with Crippen LogP contribution in [0.15, 0.2) is 42.5 Å². The number of anilines is 1. The predicted molar refractivity (Wildman–Crippen MR) is 125 cm³/mol. The number of nitrogens with one attached hydrogen (secondary N) is 1. The lowest BCUT2D eigenvalue weighted by molar-refractivity contribution is -0.136. The molecule has 33 heavy (non-hydrogen) atoms. The summed E-state index contributed by atoms with van der Waals surface area (Å²) in [5.41, 5.74) is 1.17. The molecule has 2 aromatic rings. The van der Waals surface area contributed by atoms with Gasteiger partial charge >= 0.3 is 0 Å². The Morgan fingerprint density at radius 1 is 1.03 bits per heavy atom. The molecule has 174 valence electrons. The molecule has 4 saturated carbocycles. The summed E-state index contributed by atoms with van der Waals surface area (Å²) in [7, 11) is 0. The summed E-state index contributed by atoms with van der Waals surface area (Å²) in [5, 5.41) is 14.1. The van der Waals surface area contributed by atoms with Gasteiger partial charge < -0.3 is 15.3 Å². The van der Waals surface area contributed by atoms with Crippen LogP contribution in [0.3, 0.4) is 0 Å². The van der Waals surface area contributed by atoms with Crippen LogP contribution in [0.5, 0.6) is 0 Å². The van der Waals surface area contributed by atoms with Crippen LogP contribution in [-0.2, 0) is 0 Å². The second-order valence-corrected chi connectivity index (χ2v) is 10.9. The zero-order valence-electron chi connectivity index (χ0n) is 18.9. The fourth-order valence-electron chi connectivity index (χ4n) is 7.35. The first-order chi connectivity index (χ1) is 16.0. The van der Waals surface area contributed by atoms with Gasteiger partial charge in [0.2, 0.25) is 0 Å². The summed E-state index contributed by atoms with van der Waals surface area (Å²) >= 11 is 0. The van der Waals surface area contributed by atoms with Crippen molar-refractivity contribution in [3.05, 3.63) is 59.5 Å². The van der Waals surface area contributed by atoms with Crippen molar-refractivity contribution in [2.75, 3.05) is 18.0 Å². The monoisotopic (exact) mass is 449 g/mol. The highest BCUT2D eigenvalue weighted by molar-refractivity contribution is 5.93. The minimum atomic E-state index is -0.490. The van der Waals surface area contributed by atoms with Crippen molar-refractivity contribution in [1.29, 1.82) is 0 Å². The van der Waals surface area contributed by atoms with Crippen LogP contribution in [0.2, 0.25) is 0 Å². The highest BCUT2D eigenvalue weighted by Gasteiger charge is 2.55. The van der Waals surface area contributed by atoms with Gasteiger partial charge in [0.05, 0.1) is 5.60 Å². The number of carbonyl (C=O) groups excluding carboxylic acids is 1. The number of aliphatic hydroxyl groups is 1. The van der Waals surface area contributed by atoms with E-state index in [9.17, 15) is 14.3 Å². The number of carbonyl (C=O) groups is 1. The molecule has 1 aliphatic heterocycles. The van der Waals surface area contributed by atoms with E-state index in [-0.39, 0.29) is 17.8 Å². The lowest BCUT2D eigenvalue weighted by Gasteiger charge is -2.58. The zero-order chi connectivity index (χ0) is 22.6. The third-order valence-corrected chi connectivity index (χ3v) is 8.67. The minimum Gasteiger partial charge on any atom is -0.390 e. The number of rotatable bonds is 4. The summed E-state index contributed by atoms with van der Waals surface area (Å²) < 4.78 is 13.2. The molecule has 0 radical (unpaired) electrons. The second-order valence-electron chi connectivity index (χ2n) is 10.9. The molecule has 4 bridgehead atoms. The summed E-state index contributed by atoms with van der Waals surface area (Å²) in [6, 6.07) is 12.7. The van der Waals surface area contributed by atoms with E-state index in [1.807, 2.05) is 24.3 Å². The molecule has 2 N–H and O–H groups in total. The Hall–Kier alpha value is -2.47. The SMILES string of the molecule is O=C(NC1C2CC3CC1CC(O)(C3)C2)c1cccc(N2CCC(c3ccc(F)cc3)CC2)n1. The van der Waals surface area contributed by atoms with E-state index >= 15 is 0 Å². The van der Waals surface area contributed by atoms with E-state index in [1.54, 1.807) is 6.07 Å². The van der Waals surface area contributed by atoms with Crippen molar-refractivity contribution in [3.8, 4) is 0 Å². The lowest BCUT2D eigenvalue weighted by Crippen LogP contribution is -2.61. The third kappa shape index (κ3) is 4.03. The quantitative estimate of drug-likeness (QED) is 0.732. The molecule has 2 unspecified atom stereocenters. The predicted octanol–water partition coefficient (Wildman–Crippen LogP) is 4.27. The summed E-state index contributed by atoms with van der Waals surface area (Å²) in [6.45, 7) is 1.74. The van der Waals surface area contributed by atoms with E-state index in [2.05, 4.69) is 10.2 Å². The Kier molecular flexibility index (Phi) is 5.17. The number of amides is 1. The molecule has 0 spiro atoms. The van der Waals surface area contributed by atoms with Crippen LogP contribution < -0.4 is 10.2 Å². The number of benzene rings is 1. The van der Waals surface area contributed by atoms with Gasteiger partial charge in [-0.1, -0.05) is 18.2 Å². The Balaban J connectivity index is 1.10. The smallest absolute Gasteiger partial charge is 0.270 e. The Morgan fingerprint density at radius 3 is 2.39 bits per heavy atom. The van der Waals surface area contributed by atoms with Gasteiger partial charge in [0.15, 0.2) is 0 Å². The summed E-state index contributed by atoms with van der Waals surface area (Å²) in [5.74, 6) is 2.39. The highest BCUT2D eigenvalue weighted by Crippen LogP contribution is 2.55. The van der Waals surface area contributed by atoms with Gasteiger partial charge in [-0.25, -0.2) is 9.37 Å². The van der Waals surface area contributed by atoms with Crippen LogP contribution in [0, 0.1) is 23.6 Å². The van der Waals surface area contributed by atoms with Gasteiger partial charge in [-0.2, -0.15) is 0 Å². The maximum atomic E-state index is 13.2.